The summed E-state index contributed by atoms with van der Waals surface area (Å²) in [6.45, 7) is 2.82. The number of amides is 1. The lowest BCUT2D eigenvalue weighted by Crippen LogP contribution is -2.51. The fourth-order valence-corrected chi connectivity index (χ4v) is 5.13. The zero-order chi connectivity index (χ0) is 22.6. The average Bonchev–Trinajstić information content (AvgIpc) is 2.78. The molecule has 0 aliphatic carbocycles. The van der Waals surface area contributed by atoms with Gasteiger partial charge in [-0.1, -0.05) is 19.1 Å². The molecule has 2 aromatic carbocycles. The summed E-state index contributed by atoms with van der Waals surface area (Å²) in [6, 6.07) is 10.7. The largest absolute Gasteiger partial charge is 0.493 e. The molecule has 0 N–H and O–H groups in total. The van der Waals surface area contributed by atoms with Gasteiger partial charge >= 0.3 is 0 Å². The zero-order valence-electron chi connectivity index (χ0n) is 17.9. The Morgan fingerprint density at radius 1 is 1.03 bits per heavy atom. The first-order valence-electron chi connectivity index (χ1n) is 10.0. The molecule has 3 rings (SSSR count). The topological polar surface area (TPSA) is 76.2 Å². The van der Waals surface area contributed by atoms with Gasteiger partial charge in [-0.15, -0.1) is 0 Å². The molecule has 0 aromatic heterocycles. The van der Waals surface area contributed by atoms with E-state index in [4.69, 9.17) is 9.47 Å². The number of sulfonamides is 1. The Morgan fingerprint density at radius 2 is 1.71 bits per heavy atom. The maximum absolute atomic E-state index is 13.4. The minimum atomic E-state index is -3.72. The van der Waals surface area contributed by atoms with Crippen molar-refractivity contribution in [1.29, 1.82) is 0 Å². The number of nitrogens with zero attached hydrogens (tertiary/aromatic N) is 2. The van der Waals surface area contributed by atoms with E-state index in [1.165, 1.54) is 42.8 Å². The quantitative estimate of drug-likeness (QED) is 0.648. The lowest BCUT2D eigenvalue weighted by molar-refractivity contribution is -0.136. The third-order valence-corrected chi connectivity index (χ3v) is 7.29. The Kier molecular flexibility index (Phi) is 7.17. The minimum Gasteiger partial charge on any atom is -0.493 e. The van der Waals surface area contributed by atoms with Crippen molar-refractivity contribution in [1.82, 2.24) is 9.21 Å². The van der Waals surface area contributed by atoms with E-state index in [1.54, 1.807) is 30.0 Å². The van der Waals surface area contributed by atoms with Crippen LogP contribution in [0.5, 0.6) is 11.5 Å². The zero-order valence-corrected chi connectivity index (χ0v) is 18.7. The van der Waals surface area contributed by atoms with E-state index in [1.807, 2.05) is 0 Å². The van der Waals surface area contributed by atoms with Crippen LogP contribution in [-0.2, 0) is 21.2 Å². The fraction of sp³-hybridized carbons (Fsp3) is 0.409. The van der Waals surface area contributed by atoms with Gasteiger partial charge in [-0.3, -0.25) is 4.79 Å². The van der Waals surface area contributed by atoms with E-state index >= 15 is 0 Å². The van der Waals surface area contributed by atoms with Crippen LogP contribution in [0.1, 0.15) is 12.5 Å². The third kappa shape index (κ3) is 5.16. The Labute approximate surface area is 182 Å². The normalized spacial score (nSPS) is 16.1. The molecule has 2 aromatic rings. The van der Waals surface area contributed by atoms with Crippen LogP contribution < -0.4 is 9.47 Å². The molecule has 0 saturated carbocycles. The highest BCUT2D eigenvalue weighted by molar-refractivity contribution is 7.89. The van der Waals surface area contributed by atoms with Crippen LogP contribution in [0.25, 0.3) is 0 Å². The highest BCUT2D eigenvalue weighted by atomic mass is 32.2. The summed E-state index contributed by atoms with van der Waals surface area (Å²) in [5, 5.41) is 0. The summed E-state index contributed by atoms with van der Waals surface area (Å²) in [5.41, 5.74) is 0.760. The molecule has 0 radical (unpaired) electrons. The van der Waals surface area contributed by atoms with Gasteiger partial charge in [0, 0.05) is 38.2 Å². The molecule has 31 heavy (non-hydrogen) atoms. The molecule has 9 heteroatoms. The second-order valence-corrected chi connectivity index (χ2v) is 9.42. The highest BCUT2D eigenvalue weighted by Crippen LogP contribution is 2.31. The third-order valence-electron chi connectivity index (χ3n) is 5.40. The van der Waals surface area contributed by atoms with Gasteiger partial charge in [0.2, 0.25) is 15.9 Å². The summed E-state index contributed by atoms with van der Waals surface area (Å²) >= 11 is 0. The monoisotopic (exact) mass is 450 g/mol. The molecule has 1 unspecified atom stereocenters. The van der Waals surface area contributed by atoms with Crippen molar-refractivity contribution >= 4 is 15.9 Å². The van der Waals surface area contributed by atoms with E-state index in [0.717, 1.165) is 5.56 Å². The van der Waals surface area contributed by atoms with Crippen LogP contribution in [0, 0.1) is 11.7 Å². The van der Waals surface area contributed by atoms with E-state index < -0.39 is 10.0 Å². The molecule has 1 amide bonds. The summed E-state index contributed by atoms with van der Waals surface area (Å²) in [7, 11) is -0.792. The van der Waals surface area contributed by atoms with E-state index in [2.05, 4.69) is 0 Å². The fourth-order valence-electron chi connectivity index (χ4n) is 3.69. The minimum absolute atomic E-state index is 0.0626. The van der Waals surface area contributed by atoms with Crippen LogP contribution in [0.4, 0.5) is 4.39 Å². The number of methoxy groups -OCH3 is 2. The van der Waals surface area contributed by atoms with Crippen LogP contribution in [0.3, 0.4) is 0 Å². The highest BCUT2D eigenvalue weighted by Gasteiger charge is 2.32. The van der Waals surface area contributed by atoms with Gasteiger partial charge in [0.05, 0.1) is 19.1 Å². The number of carbonyl (C=O) groups excluding carboxylic acids is 1. The van der Waals surface area contributed by atoms with Crippen molar-refractivity contribution in [3.8, 4) is 11.5 Å². The molecule has 1 saturated heterocycles. The molecular formula is C22H27FN2O5S. The van der Waals surface area contributed by atoms with Crippen molar-refractivity contribution in [2.75, 3.05) is 40.4 Å². The van der Waals surface area contributed by atoms with Crippen molar-refractivity contribution in [3.05, 3.63) is 53.8 Å². The predicted octanol–water partition coefficient (Wildman–Crippen LogP) is 2.55. The van der Waals surface area contributed by atoms with E-state index in [-0.39, 0.29) is 35.6 Å². The molecule has 0 bridgehead atoms. The molecule has 0 spiro atoms. The van der Waals surface area contributed by atoms with Gasteiger partial charge in [-0.2, -0.15) is 4.31 Å². The first-order chi connectivity index (χ1) is 14.8. The Morgan fingerprint density at radius 3 is 2.32 bits per heavy atom. The summed E-state index contributed by atoms with van der Waals surface area (Å²) in [6.07, 6.45) is 0.431. The van der Waals surface area contributed by atoms with Crippen LogP contribution in [0.2, 0.25) is 0 Å². The number of piperazine rings is 1. The van der Waals surface area contributed by atoms with Crippen LogP contribution in [0.15, 0.2) is 47.4 Å². The van der Waals surface area contributed by atoms with Crippen molar-refractivity contribution in [3.63, 3.8) is 0 Å². The predicted molar refractivity (Wildman–Crippen MR) is 114 cm³/mol. The number of hydrogen-bond donors (Lipinski definition) is 0. The number of halogens is 1. The van der Waals surface area contributed by atoms with Crippen molar-refractivity contribution < 1.29 is 27.1 Å². The first kappa shape index (κ1) is 23.0. The van der Waals surface area contributed by atoms with Gasteiger partial charge < -0.3 is 14.4 Å². The molecule has 1 heterocycles. The van der Waals surface area contributed by atoms with Crippen LogP contribution in [-0.4, -0.2) is 63.9 Å². The second kappa shape index (κ2) is 9.65. The lowest BCUT2D eigenvalue weighted by Gasteiger charge is -2.35. The van der Waals surface area contributed by atoms with E-state index in [0.29, 0.717) is 31.0 Å². The summed E-state index contributed by atoms with van der Waals surface area (Å²) in [5.74, 6) is 0.0714. The standard InChI is InChI=1S/C22H27FN2O5S/c1-16(13-17-5-4-6-18(23)14-17)22(26)24-9-11-25(12-10-24)31(27,28)19-7-8-20(29-2)21(15-19)30-3/h4-8,14-16H,9-13H2,1-3H3. The van der Waals surface area contributed by atoms with Gasteiger partial charge in [-0.25, -0.2) is 12.8 Å². The second-order valence-electron chi connectivity index (χ2n) is 7.48. The molecule has 168 valence electrons. The van der Waals surface area contributed by atoms with Gasteiger partial charge in [0.1, 0.15) is 5.82 Å². The number of rotatable bonds is 7. The smallest absolute Gasteiger partial charge is 0.243 e. The van der Waals surface area contributed by atoms with Crippen molar-refractivity contribution in [2.24, 2.45) is 5.92 Å². The maximum atomic E-state index is 13.4. The number of carbonyl (C=O) groups is 1. The molecular weight excluding hydrogens is 423 g/mol. The lowest BCUT2D eigenvalue weighted by atomic mass is 9.99. The average molecular weight is 451 g/mol. The number of benzene rings is 2. The Hall–Kier alpha value is -2.65. The maximum Gasteiger partial charge on any atom is 0.243 e. The Bertz CT molecular complexity index is 1040. The molecule has 1 atom stereocenters. The summed E-state index contributed by atoms with van der Waals surface area (Å²) in [4.78, 5) is 14.6. The van der Waals surface area contributed by atoms with E-state index in [9.17, 15) is 17.6 Å². The molecule has 7 nitrogen and oxygen atoms in total. The summed E-state index contributed by atoms with van der Waals surface area (Å²) < 4.78 is 51.2. The molecule has 1 aliphatic heterocycles. The van der Waals surface area contributed by atoms with Crippen LogP contribution >= 0.6 is 0 Å². The Balaban J connectivity index is 1.63. The number of ether oxygens (including phenoxy) is 2. The SMILES string of the molecule is COc1ccc(S(=O)(=O)N2CCN(C(=O)C(C)Cc3cccc(F)c3)CC2)cc1OC. The first-order valence-corrected chi connectivity index (χ1v) is 11.5. The van der Waals surface area contributed by atoms with Crippen molar-refractivity contribution in [2.45, 2.75) is 18.2 Å². The molecule has 1 fully saturated rings. The number of hydrogen-bond acceptors (Lipinski definition) is 5. The van der Waals surface area contributed by atoms with Gasteiger partial charge in [0.15, 0.2) is 11.5 Å². The van der Waals surface area contributed by atoms with Gasteiger partial charge in [-0.05, 0) is 36.2 Å². The molecule has 1 aliphatic rings. The van der Waals surface area contributed by atoms with Gasteiger partial charge in [0.25, 0.3) is 0 Å².